The van der Waals surface area contributed by atoms with E-state index in [1.54, 1.807) is 18.2 Å². The van der Waals surface area contributed by atoms with Crippen LogP contribution in [0.15, 0.2) is 18.2 Å². The Kier molecular flexibility index (Phi) is 3.89. The molecule has 0 heterocycles. The lowest BCUT2D eigenvalue weighted by atomic mass is 10.1. The predicted molar refractivity (Wildman–Crippen MR) is 73.6 cm³/mol. The standard InChI is InChI=1S/C13H18N4O2/c14-8-1-4-10(13(15)19)11(7-8)16-6-5-12(18)17-9-2-3-9/h1,4,7,9,16H,2-3,5-6,14H2,(H2,15,19)(H,17,18). The summed E-state index contributed by atoms with van der Waals surface area (Å²) >= 11 is 0. The molecule has 0 aliphatic heterocycles. The van der Waals surface area contributed by atoms with E-state index in [4.69, 9.17) is 11.5 Å². The maximum absolute atomic E-state index is 11.5. The number of nitrogens with two attached hydrogens (primary N) is 2. The van der Waals surface area contributed by atoms with Crippen LogP contribution in [0.2, 0.25) is 0 Å². The van der Waals surface area contributed by atoms with Crippen LogP contribution in [0.3, 0.4) is 0 Å². The fraction of sp³-hybridized carbons (Fsp3) is 0.385. The van der Waals surface area contributed by atoms with Gasteiger partial charge in [0.05, 0.1) is 5.56 Å². The Morgan fingerprint density at radius 3 is 2.68 bits per heavy atom. The number of carbonyl (C=O) groups excluding carboxylic acids is 2. The summed E-state index contributed by atoms with van der Waals surface area (Å²) in [4.78, 5) is 22.7. The summed E-state index contributed by atoms with van der Waals surface area (Å²) in [6, 6.07) is 5.19. The predicted octanol–water partition coefficient (Wildman–Crippen LogP) is 0.448. The number of carbonyl (C=O) groups is 2. The van der Waals surface area contributed by atoms with Crippen molar-refractivity contribution in [3.63, 3.8) is 0 Å². The van der Waals surface area contributed by atoms with Crippen LogP contribution in [0.25, 0.3) is 0 Å². The van der Waals surface area contributed by atoms with E-state index in [0.717, 1.165) is 12.8 Å². The molecule has 1 aromatic rings. The second kappa shape index (κ2) is 5.60. The van der Waals surface area contributed by atoms with Gasteiger partial charge in [-0.2, -0.15) is 0 Å². The van der Waals surface area contributed by atoms with Crippen molar-refractivity contribution in [1.82, 2.24) is 5.32 Å². The number of nitrogens with one attached hydrogen (secondary N) is 2. The Morgan fingerprint density at radius 2 is 2.05 bits per heavy atom. The maximum Gasteiger partial charge on any atom is 0.250 e. The number of hydrogen-bond acceptors (Lipinski definition) is 4. The molecule has 0 bridgehead atoms. The van der Waals surface area contributed by atoms with Gasteiger partial charge in [-0.05, 0) is 31.0 Å². The normalized spacial score (nSPS) is 13.9. The molecule has 1 saturated carbocycles. The van der Waals surface area contributed by atoms with Gasteiger partial charge in [0.1, 0.15) is 0 Å². The number of primary amides is 1. The number of hydrogen-bond donors (Lipinski definition) is 4. The zero-order valence-corrected chi connectivity index (χ0v) is 10.6. The lowest BCUT2D eigenvalue weighted by molar-refractivity contribution is -0.120. The van der Waals surface area contributed by atoms with Crippen molar-refractivity contribution >= 4 is 23.2 Å². The highest BCUT2D eigenvalue weighted by Crippen LogP contribution is 2.20. The molecule has 1 aliphatic carbocycles. The van der Waals surface area contributed by atoms with Crippen LogP contribution in [0.1, 0.15) is 29.6 Å². The van der Waals surface area contributed by atoms with Gasteiger partial charge in [0.15, 0.2) is 0 Å². The fourth-order valence-electron chi connectivity index (χ4n) is 1.76. The maximum atomic E-state index is 11.5. The summed E-state index contributed by atoms with van der Waals surface area (Å²) in [5, 5.41) is 5.91. The molecule has 6 N–H and O–H groups in total. The molecule has 0 unspecified atom stereocenters. The largest absolute Gasteiger partial charge is 0.399 e. The highest BCUT2D eigenvalue weighted by atomic mass is 16.2. The van der Waals surface area contributed by atoms with E-state index < -0.39 is 5.91 Å². The van der Waals surface area contributed by atoms with Crippen LogP contribution < -0.4 is 22.1 Å². The van der Waals surface area contributed by atoms with Gasteiger partial charge in [0.25, 0.3) is 5.91 Å². The minimum atomic E-state index is -0.523. The van der Waals surface area contributed by atoms with Crippen molar-refractivity contribution in [2.24, 2.45) is 5.73 Å². The molecule has 0 atom stereocenters. The van der Waals surface area contributed by atoms with Crippen LogP contribution in [0.4, 0.5) is 11.4 Å². The van der Waals surface area contributed by atoms with Gasteiger partial charge in [-0.1, -0.05) is 0 Å². The van der Waals surface area contributed by atoms with Crippen LogP contribution in [0, 0.1) is 0 Å². The first-order valence-electron chi connectivity index (χ1n) is 6.29. The topological polar surface area (TPSA) is 110 Å². The minimum Gasteiger partial charge on any atom is -0.399 e. The summed E-state index contributed by atoms with van der Waals surface area (Å²) in [5.41, 5.74) is 12.4. The molecule has 102 valence electrons. The van der Waals surface area contributed by atoms with Crippen molar-refractivity contribution in [3.8, 4) is 0 Å². The van der Waals surface area contributed by atoms with E-state index in [9.17, 15) is 9.59 Å². The molecule has 6 nitrogen and oxygen atoms in total. The third-order valence-corrected chi connectivity index (χ3v) is 2.92. The molecule has 2 rings (SSSR count). The summed E-state index contributed by atoms with van der Waals surface area (Å²) in [5.74, 6) is -0.510. The molecule has 0 aromatic heterocycles. The molecule has 19 heavy (non-hydrogen) atoms. The van der Waals surface area contributed by atoms with Gasteiger partial charge in [-0.3, -0.25) is 9.59 Å². The Morgan fingerprint density at radius 1 is 1.32 bits per heavy atom. The van der Waals surface area contributed by atoms with E-state index in [-0.39, 0.29) is 5.91 Å². The molecule has 1 aliphatic rings. The van der Waals surface area contributed by atoms with Crippen LogP contribution in [-0.4, -0.2) is 24.4 Å². The van der Waals surface area contributed by atoms with E-state index in [0.29, 0.717) is 35.9 Å². The summed E-state index contributed by atoms with van der Waals surface area (Å²) in [6.45, 7) is 0.433. The van der Waals surface area contributed by atoms with Gasteiger partial charge in [0, 0.05) is 30.4 Å². The number of anilines is 2. The number of amides is 2. The smallest absolute Gasteiger partial charge is 0.250 e. The molecular formula is C13H18N4O2. The molecule has 0 spiro atoms. The van der Waals surface area contributed by atoms with Gasteiger partial charge in [0.2, 0.25) is 5.91 Å². The summed E-state index contributed by atoms with van der Waals surface area (Å²) in [6.07, 6.45) is 2.49. The third-order valence-electron chi connectivity index (χ3n) is 2.92. The average molecular weight is 262 g/mol. The lowest BCUT2D eigenvalue weighted by Gasteiger charge is -2.11. The highest BCUT2D eigenvalue weighted by Gasteiger charge is 2.22. The molecule has 1 fully saturated rings. The zero-order valence-electron chi connectivity index (χ0n) is 10.6. The van der Waals surface area contributed by atoms with Crippen LogP contribution in [-0.2, 0) is 4.79 Å². The van der Waals surface area contributed by atoms with E-state index in [1.807, 2.05) is 0 Å². The monoisotopic (exact) mass is 262 g/mol. The Balaban J connectivity index is 1.88. The minimum absolute atomic E-state index is 0.0135. The first kappa shape index (κ1) is 13.2. The Bertz CT molecular complexity index is 497. The molecule has 1 aromatic carbocycles. The first-order valence-corrected chi connectivity index (χ1v) is 6.29. The molecule has 0 saturated heterocycles. The first-order chi connectivity index (χ1) is 9.06. The van der Waals surface area contributed by atoms with Crippen molar-refractivity contribution in [2.45, 2.75) is 25.3 Å². The SMILES string of the molecule is NC(=O)c1ccc(N)cc1NCCC(=O)NC1CC1. The third kappa shape index (κ3) is 3.87. The van der Waals surface area contributed by atoms with Crippen molar-refractivity contribution < 1.29 is 9.59 Å². The van der Waals surface area contributed by atoms with Gasteiger partial charge in [-0.25, -0.2) is 0 Å². The Hall–Kier alpha value is -2.24. The van der Waals surface area contributed by atoms with Gasteiger partial charge < -0.3 is 22.1 Å². The number of rotatable bonds is 6. The van der Waals surface area contributed by atoms with Crippen LogP contribution >= 0.6 is 0 Å². The van der Waals surface area contributed by atoms with E-state index in [2.05, 4.69) is 10.6 Å². The Labute approximate surface area is 111 Å². The van der Waals surface area contributed by atoms with E-state index in [1.165, 1.54) is 0 Å². The van der Waals surface area contributed by atoms with Gasteiger partial charge >= 0.3 is 0 Å². The molecule has 2 amide bonds. The van der Waals surface area contributed by atoms with Crippen molar-refractivity contribution in [1.29, 1.82) is 0 Å². The quantitative estimate of drug-likeness (QED) is 0.558. The summed E-state index contributed by atoms with van der Waals surface area (Å²) < 4.78 is 0. The number of nitrogen functional groups attached to an aromatic ring is 1. The molecule has 6 heteroatoms. The second-order valence-corrected chi connectivity index (χ2v) is 4.69. The fourth-order valence-corrected chi connectivity index (χ4v) is 1.76. The average Bonchev–Trinajstić information content (AvgIpc) is 3.12. The van der Waals surface area contributed by atoms with E-state index >= 15 is 0 Å². The zero-order chi connectivity index (χ0) is 13.8. The molecular weight excluding hydrogens is 244 g/mol. The lowest BCUT2D eigenvalue weighted by Crippen LogP contribution is -2.27. The number of benzene rings is 1. The van der Waals surface area contributed by atoms with Gasteiger partial charge in [-0.15, -0.1) is 0 Å². The highest BCUT2D eigenvalue weighted by molar-refractivity contribution is 5.99. The van der Waals surface area contributed by atoms with Crippen LogP contribution in [0.5, 0.6) is 0 Å². The molecule has 0 radical (unpaired) electrons. The van der Waals surface area contributed by atoms with Crippen molar-refractivity contribution in [3.05, 3.63) is 23.8 Å². The second-order valence-electron chi connectivity index (χ2n) is 4.69. The summed E-state index contributed by atoms with van der Waals surface area (Å²) in [7, 11) is 0. The van der Waals surface area contributed by atoms with Crippen molar-refractivity contribution in [2.75, 3.05) is 17.6 Å².